The van der Waals surface area contributed by atoms with Gasteiger partial charge in [0.2, 0.25) is 0 Å². The van der Waals surface area contributed by atoms with Gasteiger partial charge in [-0.3, -0.25) is 4.79 Å². The van der Waals surface area contributed by atoms with E-state index in [1.54, 1.807) is 6.07 Å². The number of likely N-dealkylation sites (tertiary alicyclic amines) is 1. The predicted octanol–water partition coefficient (Wildman–Crippen LogP) is 3.84. The zero-order chi connectivity index (χ0) is 15.5. The van der Waals surface area contributed by atoms with E-state index in [1.165, 1.54) is 17.4 Å². The minimum atomic E-state index is 0. The first kappa shape index (κ1) is 17.6. The van der Waals surface area contributed by atoms with Crippen LogP contribution >= 0.6 is 12.4 Å². The Morgan fingerprint density at radius 2 is 2.04 bits per heavy atom. The number of amides is 1. The lowest BCUT2D eigenvalue weighted by Gasteiger charge is -2.36. The zero-order valence-corrected chi connectivity index (χ0v) is 14.1. The molecule has 1 aliphatic rings. The fraction of sp³-hybridized carbons (Fsp3) is 0.389. The van der Waals surface area contributed by atoms with E-state index in [4.69, 9.17) is 10.2 Å². The third kappa shape index (κ3) is 3.77. The van der Waals surface area contributed by atoms with Crippen LogP contribution in [0.25, 0.3) is 0 Å². The summed E-state index contributed by atoms with van der Waals surface area (Å²) in [5.41, 5.74) is 8.60. The van der Waals surface area contributed by atoms with Crippen molar-refractivity contribution < 1.29 is 9.21 Å². The number of halogens is 1. The molecule has 5 heteroatoms. The van der Waals surface area contributed by atoms with Gasteiger partial charge in [0.05, 0.1) is 18.2 Å². The number of furan rings is 1. The Bertz CT molecular complexity index is 651. The second-order valence-corrected chi connectivity index (χ2v) is 5.93. The number of hydrogen-bond acceptors (Lipinski definition) is 3. The van der Waals surface area contributed by atoms with Crippen molar-refractivity contribution in [1.82, 2.24) is 4.90 Å². The molecular weight excluding hydrogens is 312 g/mol. The van der Waals surface area contributed by atoms with Crippen molar-refractivity contribution in [1.29, 1.82) is 0 Å². The number of nitrogens with two attached hydrogens (primary N) is 1. The summed E-state index contributed by atoms with van der Waals surface area (Å²) >= 11 is 0. The summed E-state index contributed by atoms with van der Waals surface area (Å²) < 4.78 is 5.31. The van der Waals surface area contributed by atoms with Gasteiger partial charge in [-0.2, -0.15) is 0 Å². The summed E-state index contributed by atoms with van der Waals surface area (Å²) in [5.74, 6) is 0.681. The van der Waals surface area contributed by atoms with Crippen LogP contribution in [-0.4, -0.2) is 17.4 Å². The minimum Gasteiger partial charge on any atom is -0.467 e. The molecule has 0 saturated carbocycles. The van der Waals surface area contributed by atoms with E-state index in [9.17, 15) is 4.79 Å². The third-order valence-electron chi connectivity index (χ3n) is 4.33. The molecular formula is C18H23ClN2O2. The molecule has 1 aliphatic heterocycles. The maximum Gasteiger partial charge on any atom is 0.257 e. The van der Waals surface area contributed by atoms with Crippen molar-refractivity contribution in [3.63, 3.8) is 0 Å². The van der Waals surface area contributed by atoms with Crippen LogP contribution < -0.4 is 5.73 Å². The van der Waals surface area contributed by atoms with E-state index in [0.29, 0.717) is 17.9 Å². The van der Waals surface area contributed by atoms with Crippen LogP contribution in [0.3, 0.4) is 0 Å². The Labute approximate surface area is 143 Å². The lowest BCUT2D eigenvalue weighted by molar-refractivity contribution is 0.0611. The van der Waals surface area contributed by atoms with Gasteiger partial charge in [-0.25, -0.2) is 0 Å². The van der Waals surface area contributed by atoms with Crippen LogP contribution in [0.15, 0.2) is 41.0 Å². The van der Waals surface area contributed by atoms with Gasteiger partial charge in [0, 0.05) is 6.54 Å². The smallest absolute Gasteiger partial charge is 0.257 e. The first-order valence-corrected chi connectivity index (χ1v) is 7.84. The summed E-state index contributed by atoms with van der Waals surface area (Å²) in [7, 11) is 0. The molecule has 23 heavy (non-hydrogen) atoms. The number of aryl methyl sites for hydroxylation is 1. The highest BCUT2D eigenvalue weighted by molar-refractivity contribution is 5.94. The minimum absolute atomic E-state index is 0. The zero-order valence-electron chi connectivity index (χ0n) is 13.3. The molecule has 1 atom stereocenters. The lowest BCUT2D eigenvalue weighted by atomic mass is 9.94. The quantitative estimate of drug-likeness (QED) is 0.927. The second kappa shape index (κ2) is 7.66. The highest BCUT2D eigenvalue weighted by atomic mass is 35.5. The van der Waals surface area contributed by atoms with Gasteiger partial charge in [0.15, 0.2) is 0 Å². The van der Waals surface area contributed by atoms with Gasteiger partial charge < -0.3 is 15.1 Å². The van der Waals surface area contributed by atoms with Crippen LogP contribution in [0.4, 0.5) is 0 Å². The van der Waals surface area contributed by atoms with E-state index >= 15 is 0 Å². The van der Waals surface area contributed by atoms with Crippen molar-refractivity contribution >= 4 is 18.3 Å². The molecule has 2 aromatic rings. The average molecular weight is 335 g/mol. The first-order valence-electron chi connectivity index (χ1n) is 7.84. The predicted molar refractivity (Wildman–Crippen MR) is 92.7 cm³/mol. The molecule has 1 unspecified atom stereocenters. The van der Waals surface area contributed by atoms with E-state index in [0.717, 1.165) is 25.8 Å². The fourth-order valence-electron chi connectivity index (χ4n) is 3.08. The second-order valence-electron chi connectivity index (χ2n) is 5.93. The molecule has 1 aromatic heterocycles. The summed E-state index contributed by atoms with van der Waals surface area (Å²) in [6, 6.07) is 10.4. The highest BCUT2D eigenvalue weighted by Crippen LogP contribution is 2.32. The van der Waals surface area contributed by atoms with Crippen molar-refractivity contribution in [3.8, 4) is 0 Å². The van der Waals surface area contributed by atoms with Gasteiger partial charge in [-0.15, -0.1) is 12.4 Å². The number of carbonyl (C=O) groups is 1. The highest BCUT2D eigenvalue weighted by Gasteiger charge is 2.29. The molecule has 0 radical (unpaired) electrons. The largest absolute Gasteiger partial charge is 0.467 e. The normalized spacial score (nSPS) is 17.7. The average Bonchev–Trinajstić information content (AvgIpc) is 3.04. The molecule has 0 spiro atoms. The van der Waals surface area contributed by atoms with Crippen molar-refractivity contribution in [3.05, 3.63) is 59.0 Å². The molecule has 124 valence electrons. The molecule has 0 bridgehead atoms. The monoisotopic (exact) mass is 334 g/mol. The molecule has 1 fully saturated rings. The maximum absolute atomic E-state index is 12.8. The number of piperidine rings is 1. The number of rotatable bonds is 3. The van der Waals surface area contributed by atoms with Crippen molar-refractivity contribution in [2.24, 2.45) is 5.73 Å². The molecule has 1 saturated heterocycles. The SMILES string of the molecule is Cc1ccc(C2CCCCN2C(=O)c2coc(CN)c2)cc1.Cl. The molecule has 1 amide bonds. The van der Waals surface area contributed by atoms with Gasteiger partial charge in [0.25, 0.3) is 5.91 Å². The number of hydrogen-bond donors (Lipinski definition) is 1. The summed E-state index contributed by atoms with van der Waals surface area (Å²) in [5, 5.41) is 0. The molecule has 4 nitrogen and oxygen atoms in total. The summed E-state index contributed by atoms with van der Waals surface area (Å²) in [6.07, 6.45) is 4.74. The maximum atomic E-state index is 12.8. The topological polar surface area (TPSA) is 59.5 Å². The first-order chi connectivity index (χ1) is 10.7. The van der Waals surface area contributed by atoms with Crippen LogP contribution in [0.1, 0.15) is 52.5 Å². The number of nitrogens with zero attached hydrogens (tertiary/aromatic N) is 1. The third-order valence-corrected chi connectivity index (χ3v) is 4.33. The van der Waals surface area contributed by atoms with Crippen LogP contribution in [-0.2, 0) is 6.54 Å². The summed E-state index contributed by atoms with van der Waals surface area (Å²) in [4.78, 5) is 14.8. The van der Waals surface area contributed by atoms with Gasteiger partial charge in [-0.05, 0) is 37.8 Å². The van der Waals surface area contributed by atoms with Crippen LogP contribution in [0.2, 0.25) is 0 Å². The van der Waals surface area contributed by atoms with E-state index in [2.05, 4.69) is 31.2 Å². The van der Waals surface area contributed by atoms with Gasteiger partial charge in [-0.1, -0.05) is 29.8 Å². The molecule has 2 heterocycles. The lowest BCUT2D eigenvalue weighted by Crippen LogP contribution is -2.38. The Morgan fingerprint density at radius 3 is 2.70 bits per heavy atom. The van der Waals surface area contributed by atoms with E-state index in [-0.39, 0.29) is 24.4 Å². The van der Waals surface area contributed by atoms with E-state index in [1.807, 2.05) is 4.90 Å². The van der Waals surface area contributed by atoms with Crippen LogP contribution in [0.5, 0.6) is 0 Å². The Morgan fingerprint density at radius 1 is 1.30 bits per heavy atom. The van der Waals surface area contributed by atoms with Crippen molar-refractivity contribution in [2.45, 2.75) is 38.8 Å². The van der Waals surface area contributed by atoms with Gasteiger partial charge >= 0.3 is 0 Å². The Kier molecular flexibility index (Phi) is 5.85. The molecule has 2 N–H and O–H groups in total. The summed E-state index contributed by atoms with van der Waals surface area (Å²) in [6.45, 7) is 3.18. The van der Waals surface area contributed by atoms with Crippen molar-refractivity contribution in [2.75, 3.05) is 6.54 Å². The Balaban J connectivity index is 0.00000192. The molecule has 0 aliphatic carbocycles. The Hall–Kier alpha value is -1.78. The van der Waals surface area contributed by atoms with Gasteiger partial charge in [0.1, 0.15) is 12.0 Å². The fourth-order valence-corrected chi connectivity index (χ4v) is 3.08. The number of benzene rings is 1. The number of carbonyl (C=O) groups excluding carboxylic acids is 1. The van der Waals surface area contributed by atoms with E-state index < -0.39 is 0 Å². The standard InChI is InChI=1S/C18H22N2O2.ClH/c1-13-5-7-14(8-6-13)17-4-2-3-9-20(17)18(21)15-10-16(11-19)22-12-15;/h5-8,10,12,17H,2-4,9,11,19H2,1H3;1H. The van der Waals surface area contributed by atoms with Crippen LogP contribution in [0, 0.1) is 6.92 Å². The molecule has 3 rings (SSSR count). The molecule has 1 aromatic carbocycles.